The second-order valence-corrected chi connectivity index (χ2v) is 7.06. The van der Waals surface area contributed by atoms with Gasteiger partial charge < -0.3 is 0 Å². The highest BCUT2D eigenvalue weighted by Crippen LogP contribution is 2.13. The second kappa shape index (κ2) is 10.1. The highest BCUT2D eigenvalue weighted by atomic mass is 16.2. The maximum Gasteiger partial charge on any atom is 0.290 e. The molecule has 1 aliphatic heterocycles. The fourth-order valence-corrected chi connectivity index (χ4v) is 3.12. The first-order chi connectivity index (χ1) is 17.3. The van der Waals surface area contributed by atoms with Gasteiger partial charge in [0.25, 0.3) is 5.91 Å². The van der Waals surface area contributed by atoms with E-state index in [1.165, 1.54) is 6.20 Å². The molecule has 0 saturated heterocycles. The van der Waals surface area contributed by atoms with E-state index in [0.717, 1.165) is 0 Å². The van der Waals surface area contributed by atoms with Crippen molar-refractivity contribution in [1.29, 1.82) is 0 Å². The number of hydrazone groups is 1. The van der Waals surface area contributed by atoms with Gasteiger partial charge in [-0.1, -0.05) is 24.3 Å². The molecule has 35 heavy (non-hydrogen) atoms. The minimum atomic E-state index is -0.481. The van der Waals surface area contributed by atoms with E-state index >= 15 is 0 Å². The number of nitrogens with one attached hydrogen (secondary N) is 2. The van der Waals surface area contributed by atoms with Crippen molar-refractivity contribution in [3.05, 3.63) is 120 Å². The molecule has 0 fully saturated rings. The number of amides is 1. The van der Waals surface area contributed by atoms with Gasteiger partial charge in [0.1, 0.15) is 22.8 Å². The number of hydrogen-bond acceptors (Lipinski definition) is 9. The largest absolute Gasteiger partial charge is 0.290 e. The van der Waals surface area contributed by atoms with Crippen molar-refractivity contribution in [2.75, 3.05) is 0 Å². The van der Waals surface area contributed by atoms with Gasteiger partial charge in [-0.05, 0) is 48.5 Å². The van der Waals surface area contributed by atoms with Gasteiger partial charge in [0.15, 0.2) is 11.7 Å². The third kappa shape index (κ3) is 4.88. The van der Waals surface area contributed by atoms with Crippen LogP contribution in [0.5, 0.6) is 0 Å². The molecule has 0 bridgehead atoms. The number of nitrogens with zero attached hydrogens (tertiary/aromatic N) is 8. The van der Waals surface area contributed by atoms with Crippen molar-refractivity contribution in [2.24, 2.45) is 15.3 Å². The maximum atomic E-state index is 12.7. The van der Waals surface area contributed by atoms with E-state index in [9.17, 15) is 4.79 Å². The van der Waals surface area contributed by atoms with Crippen LogP contribution in [0.25, 0.3) is 0 Å². The molecule has 4 aromatic rings. The normalized spacial score (nSPS) is 13.4. The number of carbonyl (C=O) groups is 1. The van der Waals surface area contributed by atoms with E-state index in [2.05, 4.69) is 46.1 Å². The molecule has 0 aromatic carbocycles. The van der Waals surface area contributed by atoms with Crippen molar-refractivity contribution in [3.8, 4) is 0 Å². The predicted octanol–water partition coefficient (Wildman–Crippen LogP) is 1.99. The van der Waals surface area contributed by atoms with Crippen LogP contribution in [-0.4, -0.2) is 48.4 Å². The van der Waals surface area contributed by atoms with Gasteiger partial charge >= 0.3 is 0 Å². The molecule has 0 saturated carbocycles. The summed E-state index contributed by atoms with van der Waals surface area (Å²) in [5.41, 5.74) is 7.53. The molecule has 4 aromatic heterocycles. The zero-order chi connectivity index (χ0) is 23.9. The third-order valence-corrected chi connectivity index (χ3v) is 4.74. The molecule has 1 amide bonds. The molecule has 1 aliphatic rings. The Bertz CT molecular complexity index is 1390. The molecule has 11 nitrogen and oxygen atoms in total. The monoisotopic (exact) mass is 462 g/mol. The van der Waals surface area contributed by atoms with E-state index < -0.39 is 5.91 Å². The van der Waals surface area contributed by atoms with Crippen molar-refractivity contribution in [1.82, 2.24) is 35.8 Å². The summed E-state index contributed by atoms with van der Waals surface area (Å²) in [4.78, 5) is 29.9. The Labute approximate surface area is 200 Å². The summed E-state index contributed by atoms with van der Waals surface area (Å²) in [7, 11) is 0. The maximum absolute atomic E-state index is 12.7. The SMILES string of the molecule is O=C(N/N=C(\c1ccccn1)N1NC(c2ccccn2)=NN=C1c1ccccn1)c1ccccn1. The molecule has 2 N–H and O–H groups in total. The van der Waals surface area contributed by atoms with Crippen LogP contribution in [0.1, 0.15) is 27.6 Å². The van der Waals surface area contributed by atoms with Crippen LogP contribution in [0.4, 0.5) is 0 Å². The van der Waals surface area contributed by atoms with Gasteiger partial charge in [0, 0.05) is 24.8 Å². The number of pyridine rings is 4. The average Bonchev–Trinajstić information content (AvgIpc) is 2.95. The first-order valence-electron chi connectivity index (χ1n) is 10.6. The Balaban J connectivity index is 1.58. The summed E-state index contributed by atoms with van der Waals surface area (Å²) in [6.07, 6.45) is 6.46. The molecule has 5 rings (SSSR count). The summed E-state index contributed by atoms with van der Waals surface area (Å²) in [5, 5.41) is 14.7. The van der Waals surface area contributed by atoms with E-state index in [1.54, 1.807) is 78.2 Å². The minimum Gasteiger partial charge on any atom is -0.271 e. The Morgan fingerprint density at radius 2 is 1.31 bits per heavy atom. The van der Waals surface area contributed by atoms with Crippen LogP contribution >= 0.6 is 0 Å². The number of amidine groups is 3. The molecular weight excluding hydrogens is 444 g/mol. The van der Waals surface area contributed by atoms with Gasteiger partial charge in [-0.25, -0.2) is 10.4 Å². The Morgan fingerprint density at radius 3 is 1.91 bits per heavy atom. The lowest BCUT2D eigenvalue weighted by molar-refractivity contribution is 0.0949. The number of carbonyl (C=O) groups excluding carboxylic acids is 1. The summed E-state index contributed by atoms with van der Waals surface area (Å²) in [6, 6.07) is 21.3. The van der Waals surface area contributed by atoms with Crippen LogP contribution in [0.15, 0.2) is 113 Å². The Kier molecular flexibility index (Phi) is 6.20. The van der Waals surface area contributed by atoms with Crippen LogP contribution in [0.3, 0.4) is 0 Å². The molecule has 0 radical (unpaired) electrons. The first-order valence-corrected chi connectivity index (χ1v) is 10.6. The molecule has 170 valence electrons. The van der Waals surface area contributed by atoms with Crippen molar-refractivity contribution in [2.45, 2.75) is 0 Å². The Hall–Kier alpha value is -5.32. The summed E-state index contributed by atoms with van der Waals surface area (Å²) >= 11 is 0. The third-order valence-electron chi connectivity index (χ3n) is 4.74. The van der Waals surface area contributed by atoms with E-state index in [4.69, 9.17) is 0 Å². The van der Waals surface area contributed by atoms with Crippen LogP contribution in [-0.2, 0) is 0 Å². The second-order valence-electron chi connectivity index (χ2n) is 7.06. The zero-order valence-electron chi connectivity index (χ0n) is 18.2. The van der Waals surface area contributed by atoms with Gasteiger partial charge in [-0.2, -0.15) is 5.10 Å². The summed E-state index contributed by atoms with van der Waals surface area (Å²) in [5.74, 6) is 0.500. The Morgan fingerprint density at radius 1 is 0.714 bits per heavy atom. The lowest BCUT2D eigenvalue weighted by Gasteiger charge is -2.29. The molecular formula is C24H18N10O. The lowest BCUT2D eigenvalue weighted by atomic mass is 10.2. The number of aromatic nitrogens is 4. The highest BCUT2D eigenvalue weighted by molar-refractivity contribution is 6.16. The van der Waals surface area contributed by atoms with E-state index in [0.29, 0.717) is 28.8 Å². The highest BCUT2D eigenvalue weighted by Gasteiger charge is 2.28. The molecule has 0 unspecified atom stereocenters. The fourth-order valence-electron chi connectivity index (χ4n) is 3.12. The van der Waals surface area contributed by atoms with E-state index in [1.807, 2.05) is 18.2 Å². The van der Waals surface area contributed by atoms with Crippen LogP contribution in [0, 0.1) is 0 Å². The van der Waals surface area contributed by atoms with Crippen LogP contribution < -0.4 is 10.9 Å². The molecule has 0 aliphatic carbocycles. The first kappa shape index (κ1) is 21.5. The quantitative estimate of drug-likeness (QED) is 0.263. The summed E-state index contributed by atoms with van der Waals surface area (Å²) < 4.78 is 0. The number of hydrazine groups is 1. The summed E-state index contributed by atoms with van der Waals surface area (Å²) in [6.45, 7) is 0. The van der Waals surface area contributed by atoms with Crippen LogP contribution in [0.2, 0.25) is 0 Å². The smallest absolute Gasteiger partial charge is 0.271 e. The van der Waals surface area contributed by atoms with Gasteiger partial charge in [-0.15, -0.1) is 10.2 Å². The molecule has 0 atom stereocenters. The lowest BCUT2D eigenvalue weighted by Crippen LogP contribution is -2.53. The van der Waals surface area contributed by atoms with Gasteiger partial charge in [0.05, 0.1) is 0 Å². The molecule has 0 spiro atoms. The number of rotatable bonds is 5. The minimum absolute atomic E-state index is 0.220. The predicted molar refractivity (Wildman–Crippen MR) is 129 cm³/mol. The molecule has 5 heterocycles. The fraction of sp³-hybridized carbons (Fsp3) is 0. The van der Waals surface area contributed by atoms with Gasteiger partial charge in [0.2, 0.25) is 5.84 Å². The topological polar surface area (TPSA) is 133 Å². The number of hydrogen-bond donors (Lipinski definition) is 2. The zero-order valence-corrected chi connectivity index (χ0v) is 18.2. The van der Waals surface area contributed by atoms with Gasteiger partial charge in [-0.3, -0.25) is 30.2 Å². The van der Waals surface area contributed by atoms with Crippen molar-refractivity contribution in [3.63, 3.8) is 0 Å². The van der Waals surface area contributed by atoms with Crippen molar-refractivity contribution >= 4 is 23.4 Å². The average molecular weight is 462 g/mol. The standard InChI is InChI=1S/C24H18N10O/c35-24(20-12-4-8-16-28-20)32-31-23(19-11-3-7-15-27-19)34-22(18-10-2-6-14-26-18)30-29-21(33-34)17-9-1-5-13-25-17/h1-16H,(H,29,33)(H,32,35)/b31-23+. The van der Waals surface area contributed by atoms with E-state index in [-0.39, 0.29) is 11.5 Å². The molecule has 11 heteroatoms. The van der Waals surface area contributed by atoms with Crippen molar-refractivity contribution < 1.29 is 4.79 Å².